The molecule has 0 fully saturated rings. The lowest BCUT2D eigenvalue weighted by Gasteiger charge is -2.21. The fourth-order valence-electron chi connectivity index (χ4n) is 1.91. The summed E-state index contributed by atoms with van der Waals surface area (Å²) >= 11 is 0. The molecule has 114 valence electrons. The number of amides is 1. The monoisotopic (exact) mass is 311 g/mol. The number of hydrogen-bond acceptors (Lipinski definition) is 5. The molecule has 1 aromatic rings. The topological polar surface area (TPSA) is 89.5 Å². The van der Waals surface area contributed by atoms with E-state index in [0.717, 1.165) is 6.26 Å². The highest BCUT2D eigenvalue weighted by molar-refractivity contribution is 7.92. The summed E-state index contributed by atoms with van der Waals surface area (Å²) in [6.45, 7) is 3.44. The van der Waals surface area contributed by atoms with Crippen LogP contribution in [0.3, 0.4) is 0 Å². The normalized spacial score (nSPS) is 15.5. The first kappa shape index (κ1) is 15.5. The minimum atomic E-state index is -3.57. The summed E-state index contributed by atoms with van der Waals surface area (Å²) in [5.41, 5.74) is 0.410. The second kappa shape index (κ2) is 5.14. The SMILES string of the molecule is CC(C)(C(=O)c1ccc2c(c1)C(=O)NCCO2)S(C)(=O)=O. The molecular formula is C14H17NO5S. The van der Waals surface area contributed by atoms with Crippen LogP contribution in [0.5, 0.6) is 5.75 Å². The van der Waals surface area contributed by atoms with Gasteiger partial charge in [0.15, 0.2) is 15.6 Å². The van der Waals surface area contributed by atoms with E-state index >= 15 is 0 Å². The van der Waals surface area contributed by atoms with Gasteiger partial charge in [-0.05, 0) is 32.0 Å². The molecule has 1 amide bonds. The Balaban J connectivity index is 2.48. The van der Waals surface area contributed by atoms with Crippen LogP contribution in [0.4, 0.5) is 0 Å². The van der Waals surface area contributed by atoms with Crippen molar-refractivity contribution in [1.29, 1.82) is 0 Å². The summed E-state index contributed by atoms with van der Waals surface area (Å²) in [6, 6.07) is 4.38. The molecule has 1 aliphatic rings. The second-order valence-electron chi connectivity index (χ2n) is 5.43. The molecule has 0 radical (unpaired) electrons. The van der Waals surface area contributed by atoms with Crippen molar-refractivity contribution in [3.8, 4) is 5.75 Å². The number of hydrogen-bond donors (Lipinski definition) is 1. The van der Waals surface area contributed by atoms with Crippen molar-refractivity contribution in [2.45, 2.75) is 18.6 Å². The molecule has 1 aliphatic heterocycles. The number of ether oxygens (including phenoxy) is 1. The van der Waals surface area contributed by atoms with Crippen molar-refractivity contribution in [2.24, 2.45) is 0 Å². The first-order valence-corrected chi connectivity index (χ1v) is 8.33. The van der Waals surface area contributed by atoms with Crippen molar-refractivity contribution in [3.63, 3.8) is 0 Å². The highest BCUT2D eigenvalue weighted by atomic mass is 32.2. The maximum absolute atomic E-state index is 12.4. The molecule has 0 spiro atoms. The van der Waals surface area contributed by atoms with Gasteiger partial charge >= 0.3 is 0 Å². The average molecular weight is 311 g/mol. The van der Waals surface area contributed by atoms with Gasteiger partial charge in [0.2, 0.25) is 0 Å². The zero-order valence-electron chi connectivity index (χ0n) is 12.1. The molecule has 6 nitrogen and oxygen atoms in total. The van der Waals surface area contributed by atoms with Crippen LogP contribution in [0.15, 0.2) is 18.2 Å². The van der Waals surface area contributed by atoms with Crippen molar-refractivity contribution in [1.82, 2.24) is 5.32 Å². The van der Waals surface area contributed by atoms with Gasteiger partial charge in [-0.25, -0.2) is 8.42 Å². The maximum atomic E-state index is 12.4. The third kappa shape index (κ3) is 2.78. The summed E-state index contributed by atoms with van der Waals surface area (Å²) in [5.74, 6) is -0.502. The molecule has 1 N–H and O–H groups in total. The number of benzene rings is 1. The van der Waals surface area contributed by atoms with Gasteiger partial charge in [-0.1, -0.05) is 0 Å². The lowest BCUT2D eigenvalue weighted by atomic mass is 9.98. The van der Waals surface area contributed by atoms with Gasteiger partial charge in [-0.15, -0.1) is 0 Å². The molecule has 0 saturated carbocycles. The highest BCUT2D eigenvalue weighted by Gasteiger charge is 2.39. The van der Waals surface area contributed by atoms with E-state index in [0.29, 0.717) is 18.9 Å². The zero-order chi connectivity index (χ0) is 15.8. The lowest BCUT2D eigenvalue weighted by Crippen LogP contribution is -2.40. The third-order valence-corrected chi connectivity index (χ3v) is 5.64. The van der Waals surface area contributed by atoms with E-state index in [1.807, 2.05) is 0 Å². The molecule has 1 heterocycles. The van der Waals surface area contributed by atoms with Gasteiger partial charge in [0.1, 0.15) is 17.1 Å². The Labute approximate surface area is 123 Å². The van der Waals surface area contributed by atoms with Gasteiger partial charge in [0.05, 0.1) is 12.1 Å². The molecule has 0 saturated heterocycles. The van der Waals surface area contributed by atoms with Crippen molar-refractivity contribution < 1.29 is 22.7 Å². The molecule has 21 heavy (non-hydrogen) atoms. The number of Topliss-reactive ketones (excluding diaryl/α,β-unsaturated/α-hetero) is 1. The molecule has 7 heteroatoms. The second-order valence-corrected chi connectivity index (χ2v) is 7.99. The Hall–Kier alpha value is -1.89. The van der Waals surface area contributed by atoms with E-state index in [1.165, 1.54) is 32.0 Å². The number of rotatable bonds is 3. The smallest absolute Gasteiger partial charge is 0.255 e. The predicted octanol–water partition coefficient (Wildman–Crippen LogP) is 0.815. The van der Waals surface area contributed by atoms with E-state index in [2.05, 4.69) is 5.32 Å². The number of fused-ring (bicyclic) bond motifs is 1. The van der Waals surface area contributed by atoms with Crippen molar-refractivity contribution >= 4 is 21.5 Å². The van der Waals surface area contributed by atoms with Crippen molar-refractivity contribution in [3.05, 3.63) is 29.3 Å². The highest BCUT2D eigenvalue weighted by Crippen LogP contribution is 2.26. The molecule has 0 atom stereocenters. The van der Waals surface area contributed by atoms with Crippen LogP contribution in [-0.4, -0.2) is 44.3 Å². The number of ketones is 1. The first-order valence-electron chi connectivity index (χ1n) is 6.44. The number of sulfone groups is 1. The van der Waals surface area contributed by atoms with E-state index in [1.54, 1.807) is 0 Å². The van der Waals surface area contributed by atoms with Gasteiger partial charge in [-0.2, -0.15) is 0 Å². The average Bonchev–Trinajstić information content (AvgIpc) is 2.58. The van der Waals surface area contributed by atoms with E-state index < -0.39 is 20.4 Å². The fourth-order valence-corrected chi connectivity index (χ4v) is 2.37. The lowest BCUT2D eigenvalue weighted by molar-refractivity contribution is 0.0954. The maximum Gasteiger partial charge on any atom is 0.255 e. The summed E-state index contributed by atoms with van der Waals surface area (Å²) in [4.78, 5) is 24.3. The Bertz CT molecular complexity index is 706. The van der Waals surface area contributed by atoms with Gasteiger partial charge in [0, 0.05) is 11.8 Å². The van der Waals surface area contributed by atoms with E-state index in [-0.39, 0.29) is 17.0 Å². The van der Waals surface area contributed by atoms with Crippen molar-refractivity contribution in [2.75, 3.05) is 19.4 Å². The summed E-state index contributed by atoms with van der Waals surface area (Å²) < 4.78 is 27.3. The number of nitrogens with one attached hydrogen (secondary N) is 1. The Morgan fingerprint density at radius 2 is 2.00 bits per heavy atom. The molecule has 0 aliphatic carbocycles. The van der Waals surface area contributed by atoms with Crippen LogP contribution < -0.4 is 10.1 Å². The van der Waals surface area contributed by atoms with E-state index in [4.69, 9.17) is 4.74 Å². The molecule has 0 bridgehead atoms. The van der Waals surface area contributed by atoms with Crippen LogP contribution >= 0.6 is 0 Å². The van der Waals surface area contributed by atoms with Gasteiger partial charge < -0.3 is 10.1 Å². The molecule has 0 aromatic heterocycles. The Morgan fingerprint density at radius 3 is 2.62 bits per heavy atom. The fraction of sp³-hybridized carbons (Fsp3) is 0.429. The Kier molecular flexibility index (Phi) is 3.79. The molecule has 0 unspecified atom stereocenters. The Morgan fingerprint density at radius 1 is 1.33 bits per heavy atom. The minimum Gasteiger partial charge on any atom is -0.491 e. The summed E-state index contributed by atoms with van der Waals surface area (Å²) in [7, 11) is -3.57. The predicted molar refractivity (Wildman–Crippen MR) is 77.5 cm³/mol. The number of carbonyl (C=O) groups excluding carboxylic acids is 2. The van der Waals surface area contributed by atoms with Gasteiger partial charge in [0.25, 0.3) is 5.91 Å². The zero-order valence-corrected chi connectivity index (χ0v) is 12.9. The van der Waals surface area contributed by atoms with Crippen LogP contribution in [0.2, 0.25) is 0 Å². The first-order chi connectivity index (χ1) is 9.64. The van der Waals surface area contributed by atoms with Crippen LogP contribution in [-0.2, 0) is 9.84 Å². The molecule has 1 aromatic carbocycles. The quantitative estimate of drug-likeness (QED) is 0.835. The van der Waals surface area contributed by atoms with E-state index in [9.17, 15) is 18.0 Å². The molecule has 2 rings (SSSR count). The minimum absolute atomic E-state index is 0.171. The largest absolute Gasteiger partial charge is 0.491 e. The van der Waals surface area contributed by atoms with Gasteiger partial charge in [-0.3, -0.25) is 9.59 Å². The van der Waals surface area contributed by atoms with Crippen LogP contribution in [0.25, 0.3) is 0 Å². The number of carbonyl (C=O) groups is 2. The molecular weight excluding hydrogens is 294 g/mol. The summed E-state index contributed by atoms with van der Waals surface area (Å²) in [6.07, 6.45) is 1.02. The standard InChI is InChI=1S/C14H17NO5S/c1-14(2,21(3,18)19)12(16)9-4-5-11-10(8-9)13(17)15-6-7-20-11/h4-5,8H,6-7H2,1-3H3,(H,15,17). The summed E-state index contributed by atoms with van der Waals surface area (Å²) in [5, 5.41) is 2.64. The third-order valence-electron chi connectivity index (χ3n) is 3.61. The van der Waals surface area contributed by atoms with Crippen LogP contribution in [0.1, 0.15) is 34.6 Å². The van der Waals surface area contributed by atoms with Crippen LogP contribution in [0, 0.1) is 0 Å².